The third-order valence-corrected chi connectivity index (χ3v) is 3.34. The molecule has 84 valence electrons. The van der Waals surface area contributed by atoms with E-state index in [9.17, 15) is 0 Å². The number of thioether (sulfide) groups is 1. The molecule has 3 aromatic rings. The van der Waals surface area contributed by atoms with Crippen molar-refractivity contribution in [1.82, 2.24) is 5.16 Å². The fourth-order valence-electron chi connectivity index (χ4n) is 1.83. The van der Waals surface area contributed by atoms with E-state index in [0.717, 1.165) is 16.3 Å². The predicted molar refractivity (Wildman–Crippen MR) is 71.2 cm³/mol. The molecule has 1 aromatic heterocycles. The standard InChI is InChI=1S/C14H11NOS/c1-17-14-9-13(16-15-14)12-7-6-10-4-2-3-5-11(10)8-12/h2-9H,1H3. The highest BCUT2D eigenvalue weighted by Crippen LogP contribution is 2.27. The Labute approximate surface area is 104 Å². The van der Waals surface area contributed by atoms with Gasteiger partial charge in [0.15, 0.2) is 5.76 Å². The number of hydrogen-bond donors (Lipinski definition) is 0. The van der Waals surface area contributed by atoms with Crippen LogP contribution in [0.2, 0.25) is 0 Å². The lowest BCUT2D eigenvalue weighted by Crippen LogP contribution is -1.75. The molecule has 0 aliphatic carbocycles. The van der Waals surface area contributed by atoms with Crippen molar-refractivity contribution in [3.63, 3.8) is 0 Å². The van der Waals surface area contributed by atoms with Crippen LogP contribution in [0.15, 0.2) is 58.1 Å². The summed E-state index contributed by atoms with van der Waals surface area (Å²) in [6.07, 6.45) is 1.99. The zero-order chi connectivity index (χ0) is 11.7. The zero-order valence-corrected chi connectivity index (χ0v) is 10.2. The highest BCUT2D eigenvalue weighted by Gasteiger charge is 2.06. The fraction of sp³-hybridized carbons (Fsp3) is 0.0714. The smallest absolute Gasteiger partial charge is 0.168 e. The molecule has 0 unspecified atom stereocenters. The summed E-state index contributed by atoms with van der Waals surface area (Å²) >= 11 is 1.58. The highest BCUT2D eigenvalue weighted by molar-refractivity contribution is 7.98. The molecule has 3 rings (SSSR count). The third kappa shape index (κ3) is 1.94. The first-order valence-electron chi connectivity index (χ1n) is 5.37. The van der Waals surface area contributed by atoms with E-state index in [1.807, 2.05) is 24.5 Å². The van der Waals surface area contributed by atoms with Crippen molar-refractivity contribution in [3.05, 3.63) is 48.5 Å². The minimum Gasteiger partial charge on any atom is -0.355 e. The van der Waals surface area contributed by atoms with E-state index in [1.54, 1.807) is 11.8 Å². The molecule has 2 nitrogen and oxygen atoms in total. The summed E-state index contributed by atoms with van der Waals surface area (Å²) in [5, 5.41) is 7.34. The van der Waals surface area contributed by atoms with E-state index >= 15 is 0 Å². The van der Waals surface area contributed by atoms with Crippen molar-refractivity contribution in [1.29, 1.82) is 0 Å². The Morgan fingerprint density at radius 2 is 1.82 bits per heavy atom. The summed E-state index contributed by atoms with van der Waals surface area (Å²) < 4.78 is 5.32. The lowest BCUT2D eigenvalue weighted by molar-refractivity contribution is 0.415. The number of fused-ring (bicyclic) bond motifs is 1. The molecule has 0 aliphatic heterocycles. The van der Waals surface area contributed by atoms with Crippen molar-refractivity contribution in [2.24, 2.45) is 0 Å². The second kappa shape index (κ2) is 4.26. The lowest BCUT2D eigenvalue weighted by atomic mass is 10.1. The normalized spacial score (nSPS) is 10.9. The Morgan fingerprint density at radius 1 is 1.00 bits per heavy atom. The average molecular weight is 241 g/mol. The minimum atomic E-state index is 0.820. The van der Waals surface area contributed by atoms with Crippen LogP contribution >= 0.6 is 11.8 Å². The number of aromatic nitrogens is 1. The first-order chi connectivity index (χ1) is 8.36. The van der Waals surface area contributed by atoms with Crippen LogP contribution in [0.1, 0.15) is 0 Å². The van der Waals surface area contributed by atoms with Gasteiger partial charge in [-0.3, -0.25) is 0 Å². The molecule has 3 heteroatoms. The molecular weight excluding hydrogens is 230 g/mol. The van der Waals surface area contributed by atoms with E-state index in [4.69, 9.17) is 4.52 Å². The van der Waals surface area contributed by atoms with Gasteiger partial charge < -0.3 is 4.52 Å². The third-order valence-electron chi connectivity index (χ3n) is 2.73. The molecule has 0 N–H and O–H groups in total. The first-order valence-corrected chi connectivity index (χ1v) is 6.59. The molecule has 2 aromatic carbocycles. The number of nitrogens with zero attached hydrogens (tertiary/aromatic N) is 1. The quantitative estimate of drug-likeness (QED) is 0.628. The maximum absolute atomic E-state index is 5.32. The summed E-state index contributed by atoms with van der Waals surface area (Å²) in [5.41, 5.74) is 1.07. The number of rotatable bonds is 2. The molecule has 0 saturated heterocycles. The van der Waals surface area contributed by atoms with Crippen molar-refractivity contribution in [2.75, 3.05) is 6.26 Å². The summed E-state index contributed by atoms with van der Waals surface area (Å²) in [5.74, 6) is 0.820. The summed E-state index contributed by atoms with van der Waals surface area (Å²) in [6, 6.07) is 16.5. The monoisotopic (exact) mass is 241 g/mol. The fourth-order valence-corrected chi connectivity index (χ4v) is 2.17. The molecule has 0 atom stereocenters. The van der Waals surface area contributed by atoms with Gasteiger partial charge in [-0.05, 0) is 23.1 Å². The van der Waals surface area contributed by atoms with Crippen molar-refractivity contribution in [3.8, 4) is 11.3 Å². The van der Waals surface area contributed by atoms with E-state index in [2.05, 4.69) is 35.5 Å². The van der Waals surface area contributed by atoms with Gasteiger partial charge in [0.2, 0.25) is 0 Å². The highest BCUT2D eigenvalue weighted by atomic mass is 32.2. The van der Waals surface area contributed by atoms with E-state index in [0.29, 0.717) is 0 Å². The molecular formula is C14H11NOS. The summed E-state index contributed by atoms with van der Waals surface area (Å²) in [4.78, 5) is 0. The predicted octanol–water partition coefficient (Wildman–Crippen LogP) is 4.22. The molecule has 17 heavy (non-hydrogen) atoms. The van der Waals surface area contributed by atoms with Gasteiger partial charge in [0, 0.05) is 11.6 Å². The van der Waals surface area contributed by atoms with E-state index < -0.39 is 0 Å². The Bertz CT molecular complexity index is 660. The molecule has 0 amide bonds. The summed E-state index contributed by atoms with van der Waals surface area (Å²) in [6.45, 7) is 0. The number of benzene rings is 2. The Kier molecular flexibility index (Phi) is 2.61. The lowest BCUT2D eigenvalue weighted by Gasteiger charge is -1.99. The Morgan fingerprint density at radius 3 is 2.59 bits per heavy atom. The SMILES string of the molecule is CSc1cc(-c2ccc3ccccc3c2)on1. The van der Waals surface area contributed by atoms with Crippen molar-refractivity contribution >= 4 is 22.5 Å². The van der Waals surface area contributed by atoms with Crippen LogP contribution in [0.25, 0.3) is 22.1 Å². The Hall–Kier alpha value is -1.74. The average Bonchev–Trinajstić information content (AvgIpc) is 2.87. The van der Waals surface area contributed by atoms with Gasteiger partial charge in [0.05, 0.1) is 0 Å². The van der Waals surface area contributed by atoms with Crippen LogP contribution in [-0.4, -0.2) is 11.4 Å². The largest absolute Gasteiger partial charge is 0.355 e. The van der Waals surface area contributed by atoms with Crippen LogP contribution in [0.4, 0.5) is 0 Å². The van der Waals surface area contributed by atoms with Gasteiger partial charge in [0.1, 0.15) is 5.03 Å². The van der Waals surface area contributed by atoms with Crippen LogP contribution in [0, 0.1) is 0 Å². The molecule has 0 radical (unpaired) electrons. The van der Waals surface area contributed by atoms with Gasteiger partial charge in [-0.2, -0.15) is 0 Å². The maximum Gasteiger partial charge on any atom is 0.168 e. The molecule has 0 bridgehead atoms. The summed E-state index contributed by atoms with van der Waals surface area (Å²) in [7, 11) is 0. The molecule has 0 aliphatic rings. The Balaban J connectivity index is 2.11. The van der Waals surface area contributed by atoms with Gasteiger partial charge in [0.25, 0.3) is 0 Å². The van der Waals surface area contributed by atoms with Gasteiger partial charge in [-0.15, -0.1) is 11.8 Å². The van der Waals surface area contributed by atoms with Crippen LogP contribution < -0.4 is 0 Å². The molecule has 0 saturated carbocycles. The van der Waals surface area contributed by atoms with E-state index in [1.165, 1.54) is 10.8 Å². The molecule has 0 fully saturated rings. The maximum atomic E-state index is 5.32. The number of hydrogen-bond acceptors (Lipinski definition) is 3. The van der Waals surface area contributed by atoms with Gasteiger partial charge >= 0.3 is 0 Å². The van der Waals surface area contributed by atoms with Crippen LogP contribution in [-0.2, 0) is 0 Å². The first kappa shape index (κ1) is 10.4. The second-order valence-electron chi connectivity index (χ2n) is 3.80. The van der Waals surface area contributed by atoms with Gasteiger partial charge in [-0.1, -0.05) is 41.6 Å². The minimum absolute atomic E-state index is 0.820. The second-order valence-corrected chi connectivity index (χ2v) is 4.62. The van der Waals surface area contributed by atoms with Gasteiger partial charge in [-0.25, -0.2) is 0 Å². The van der Waals surface area contributed by atoms with Crippen molar-refractivity contribution < 1.29 is 4.52 Å². The topological polar surface area (TPSA) is 26.0 Å². The molecule has 0 spiro atoms. The van der Waals surface area contributed by atoms with E-state index in [-0.39, 0.29) is 0 Å². The van der Waals surface area contributed by atoms with Crippen molar-refractivity contribution in [2.45, 2.75) is 5.03 Å². The van der Waals surface area contributed by atoms with Crippen LogP contribution in [0.5, 0.6) is 0 Å². The zero-order valence-electron chi connectivity index (χ0n) is 9.38. The molecule has 1 heterocycles. The van der Waals surface area contributed by atoms with Crippen LogP contribution in [0.3, 0.4) is 0 Å².